The number of nitrogen functional groups attached to an aromatic ring is 4. The van der Waals surface area contributed by atoms with E-state index in [0.717, 1.165) is 89.8 Å². The van der Waals surface area contributed by atoms with Gasteiger partial charge in [-0.25, -0.2) is 78.8 Å². The quantitative estimate of drug-likeness (QED) is 0.0560. The van der Waals surface area contributed by atoms with Gasteiger partial charge in [0.05, 0.1) is 73.3 Å². The molecule has 0 aliphatic heterocycles. The van der Waals surface area contributed by atoms with Gasteiger partial charge < -0.3 is 32.6 Å². The topological polar surface area (TPSA) is 438 Å². The van der Waals surface area contributed by atoms with Gasteiger partial charge in [0.25, 0.3) is 22.2 Å². The number of nitrogens with two attached hydrogens (primary N) is 4. The van der Waals surface area contributed by atoms with Crippen molar-refractivity contribution in [3.05, 3.63) is 275 Å². The third-order valence-corrected chi connectivity index (χ3v) is 26.1. The Balaban J connectivity index is 0.000000114. The third kappa shape index (κ3) is 15.3. The molecule has 0 amide bonds. The van der Waals surface area contributed by atoms with Crippen molar-refractivity contribution in [2.75, 3.05) is 29.5 Å². The largest absolute Gasteiger partial charge is 0.384 e. The molecule has 0 saturated heterocycles. The minimum absolute atomic E-state index is 0.0726. The number of hydrogen-bond donors (Lipinski definition) is 5. The zero-order valence-corrected chi connectivity index (χ0v) is 74.0. The van der Waals surface area contributed by atoms with E-state index in [2.05, 4.69) is 101 Å². The highest BCUT2D eigenvalue weighted by Crippen LogP contribution is 2.34. The van der Waals surface area contributed by atoms with Crippen molar-refractivity contribution in [2.45, 2.75) is 94.4 Å². The first kappa shape index (κ1) is 82.4. The summed E-state index contributed by atoms with van der Waals surface area (Å²) in [6, 6.07) is 31.0. The van der Waals surface area contributed by atoms with E-state index < -0.39 is 0 Å². The molecule has 16 aromatic heterocycles. The number of aromatic nitrogens is 24. The maximum absolute atomic E-state index is 13.7. The van der Waals surface area contributed by atoms with E-state index in [1.54, 1.807) is 38.6 Å². The first-order valence-electron chi connectivity index (χ1n) is 39.3. The van der Waals surface area contributed by atoms with Gasteiger partial charge >= 0.3 is 0 Å². The highest BCUT2D eigenvalue weighted by molar-refractivity contribution is 14.1. The number of thiophene rings is 4. The lowest BCUT2D eigenvalue weighted by atomic mass is 10.2. The van der Waals surface area contributed by atoms with E-state index in [9.17, 15) is 19.2 Å². The monoisotopic (exact) mass is 1860 g/mol. The lowest BCUT2D eigenvalue weighted by molar-refractivity contribution is 0.350. The normalized spacial score (nSPS) is 11.9. The van der Waals surface area contributed by atoms with Crippen molar-refractivity contribution >= 4 is 176 Å². The highest BCUT2D eigenvalue weighted by atomic mass is 127. The van der Waals surface area contributed by atoms with Crippen LogP contribution in [0.15, 0.2) is 169 Å². The van der Waals surface area contributed by atoms with Crippen molar-refractivity contribution in [1.29, 1.82) is 0 Å². The van der Waals surface area contributed by atoms with Crippen molar-refractivity contribution in [1.82, 2.24) is 117 Å². The maximum atomic E-state index is 13.7. The standard InChI is InChI=1S/C25H21N7OS.C23H19N7O2S.C20H16IN7OS.C20H17N7OS/c1-14-5-3-4-6-18(14)32-19(29-24-20(25(32)33)15(2)12-34-24)11-31-23-21(22(26)27-13-28-23)17(30-31)10-9-16-7-8-16;1-13-6-3-4-8-16(13)30-17(27-22-18(23(30)32)14(2)11-33-22)10-29-21-19(20(24)25-12-26-21)15(28-29)7-5-9-31;1-10-5-3-4-6-12(10)28-13(25-19-14(20(28)29)11(2)8-30-19)7-27-18-15(16(21)26-27)17(22)23-9-24-18;1-11-5-3-4-6-13(11)27-14(25-19-15(20(27)28)12(2)8-29-19)7-26-10-24-16-17(21)22-9-23-18(16)26/h3-6,12-13,16H,7-8,11H2,1-2H3,(H2,26,27,28);3-4,6,8,11-12,31H,9-10H2,1-2H3,(H2,24,25,26);3-6,8-9H,7H2,1-2H3,(H2,22,23,24);3-6,8-10H,7H2,1-2H3,(H2,21,22,23). The molecule has 0 bridgehead atoms. The summed E-state index contributed by atoms with van der Waals surface area (Å²) in [6.45, 7) is 16.3. The summed E-state index contributed by atoms with van der Waals surface area (Å²) in [5.41, 5.74) is 38.3. The first-order valence-corrected chi connectivity index (χ1v) is 43.9. The lowest BCUT2D eigenvalue weighted by Crippen LogP contribution is -2.26. The zero-order valence-electron chi connectivity index (χ0n) is 68.6. The average molecular weight is 1860 g/mol. The SMILES string of the molecule is Cc1ccccc1-n1c(Cn2cnc3c(N)ncnc32)nc2scc(C)c2c1=O.Cc1ccccc1-n1c(Cn2nc(C#CC3CC3)c3c(N)ncnc32)nc2scc(C)c2c1=O.Cc1ccccc1-n1c(Cn2nc(C#CCO)c3c(N)ncnc32)nc2scc(C)c2c1=O.Cc1ccccc1-n1c(Cn2nc(I)c3c(N)ncnc32)nc2scc(C)c2c1=O. The molecule has 4 aromatic carbocycles. The molecule has 0 spiro atoms. The first-order chi connectivity index (χ1) is 61.0. The number of benzene rings is 4. The van der Waals surface area contributed by atoms with Crippen molar-refractivity contribution in [2.24, 2.45) is 5.92 Å². The predicted molar refractivity (Wildman–Crippen MR) is 500 cm³/mol. The Labute approximate surface area is 743 Å². The number of aliphatic hydroxyl groups is 1. The number of anilines is 4. The zero-order chi connectivity index (χ0) is 87.6. The van der Waals surface area contributed by atoms with Gasteiger partial charge in [-0.2, -0.15) is 15.3 Å². The van der Waals surface area contributed by atoms with Crippen LogP contribution in [0.25, 0.3) is 108 Å². The Morgan fingerprint density at radius 3 is 1.08 bits per heavy atom. The molecule has 1 aliphatic carbocycles. The number of aliphatic hydroxyl groups excluding tert-OH is 1. The predicted octanol–water partition coefficient (Wildman–Crippen LogP) is 12.0. The number of para-hydroxylation sites is 4. The summed E-state index contributed by atoms with van der Waals surface area (Å²) in [7, 11) is 0. The molecule has 0 unspecified atom stereocenters. The Morgan fingerprint density at radius 1 is 0.389 bits per heavy atom. The smallest absolute Gasteiger partial charge is 0.267 e. The van der Waals surface area contributed by atoms with E-state index in [4.69, 9.17) is 53.1 Å². The fourth-order valence-electron chi connectivity index (χ4n) is 15.0. The van der Waals surface area contributed by atoms with E-state index in [1.807, 2.05) is 179 Å². The fraction of sp³-hybridized carbons (Fsp3) is 0.182. The molecule has 1 fully saturated rings. The van der Waals surface area contributed by atoms with Crippen molar-refractivity contribution in [3.63, 3.8) is 0 Å². The summed E-state index contributed by atoms with van der Waals surface area (Å²) in [5.74, 6) is 15.8. The molecule has 126 heavy (non-hydrogen) atoms. The Hall–Kier alpha value is -14.6. The molecule has 16 heterocycles. The number of aryl methyl sites for hydroxylation is 8. The van der Waals surface area contributed by atoms with E-state index >= 15 is 0 Å². The summed E-state index contributed by atoms with van der Waals surface area (Å²) >= 11 is 7.97. The van der Waals surface area contributed by atoms with Gasteiger partial charge in [0, 0.05) is 5.92 Å². The molecular weight excluding hydrogens is 1780 g/mol. The van der Waals surface area contributed by atoms with Crippen LogP contribution < -0.4 is 45.2 Å². The van der Waals surface area contributed by atoms with Gasteiger partial charge in [-0.3, -0.25) is 37.4 Å². The highest BCUT2D eigenvalue weighted by Gasteiger charge is 2.28. The van der Waals surface area contributed by atoms with E-state index in [0.29, 0.717) is 144 Å². The number of imidazole rings is 1. The van der Waals surface area contributed by atoms with E-state index in [-0.39, 0.29) is 54.3 Å². The summed E-state index contributed by atoms with van der Waals surface area (Å²) < 4.78 is 14.3. The summed E-state index contributed by atoms with van der Waals surface area (Å²) in [6.07, 6.45) is 9.47. The van der Waals surface area contributed by atoms with Gasteiger partial charge in [0.15, 0.2) is 28.4 Å². The molecule has 626 valence electrons. The van der Waals surface area contributed by atoms with Gasteiger partial charge in [-0.05, 0) is 193 Å². The van der Waals surface area contributed by atoms with Crippen molar-refractivity contribution in [3.8, 4) is 46.4 Å². The number of halogens is 1. The fourth-order valence-corrected chi connectivity index (χ4v) is 19.5. The number of nitrogens with zero attached hydrogens (tertiary/aromatic N) is 24. The molecule has 38 heteroatoms. The molecule has 0 atom stereocenters. The van der Waals surface area contributed by atoms with Gasteiger partial charge in [0.2, 0.25) is 0 Å². The molecule has 1 aliphatic rings. The minimum atomic E-state index is -0.315. The van der Waals surface area contributed by atoms with Crippen LogP contribution in [-0.2, 0) is 26.2 Å². The minimum Gasteiger partial charge on any atom is -0.384 e. The second-order valence-corrected chi connectivity index (χ2v) is 34.3. The second-order valence-electron chi connectivity index (χ2n) is 29.9. The van der Waals surface area contributed by atoms with Crippen LogP contribution in [-0.4, -0.2) is 129 Å². The number of rotatable bonds is 12. The molecule has 0 radical (unpaired) electrons. The van der Waals surface area contributed by atoms with Crippen molar-refractivity contribution < 1.29 is 5.11 Å². The molecular formula is C88H73IN28O5S4. The van der Waals surface area contributed by atoms with Crippen LogP contribution in [0.2, 0.25) is 0 Å². The molecule has 21 rings (SSSR count). The second kappa shape index (κ2) is 33.9. The van der Waals surface area contributed by atoms with Crippen LogP contribution in [0, 0.1) is 88.7 Å². The van der Waals surface area contributed by atoms with Crippen LogP contribution in [0.1, 0.15) is 92.0 Å². The van der Waals surface area contributed by atoms with Crippen LogP contribution in [0.4, 0.5) is 23.3 Å². The van der Waals surface area contributed by atoms with Gasteiger partial charge in [-0.1, -0.05) is 84.6 Å². The Bertz CT molecular complexity index is 8220. The molecule has 20 aromatic rings. The average Bonchev–Trinajstić information content (AvgIpc) is 1.58. The van der Waals surface area contributed by atoms with Crippen LogP contribution in [0.3, 0.4) is 0 Å². The summed E-state index contributed by atoms with van der Waals surface area (Å²) in [4.78, 5) is 115. The molecule has 1 saturated carbocycles. The maximum Gasteiger partial charge on any atom is 0.267 e. The third-order valence-electron chi connectivity index (χ3n) is 21.4. The summed E-state index contributed by atoms with van der Waals surface area (Å²) in [5, 5.41) is 35.2. The lowest BCUT2D eigenvalue weighted by Gasteiger charge is -2.15. The van der Waals surface area contributed by atoms with Crippen LogP contribution in [0.5, 0.6) is 0 Å². The number of hydrogen-bond acceptors (Lipinski definition) is 29. The Morgan fingerprint density at radius 2 is 0.714 bits per heavy atom. The van der Waals surface area contributed by atoms with Gasteiger partial charge in [-0.15, -0.1) is 45.3 Å². The molecule has 9 N–H and O–H groups in total. The Kier molecular flexibility index (Phi) is 22.2. The van der Waals surface area contributed by atoms with Crippen LogP contribution >= 0.6 is 67.9 Å². The molecule has 33 nitrogen and oxygen atoms in total. The number of fused-ring (bicyclic) bond motifs is 8. The van der Waals surface area contributed by atoms with Gasteiger partial charge in [0.1, 0.15) is 132 Å². The van der Waals surface area contributed by atoms with E-state index in [1.165, 1.54) is 70.7 Å².